The van der Waals surface area contributed by atoms with Gasteiger partial charge in [-0.1, -0.05) is 26.0 Å². The molecule has 0 unspecified atom stereocenters. The summed E-state index contributed by atoms with van der Waals surface area (Å²) in [5.41, 5.74) is 2.43. The lowest BCUT2D eigenvalue weighted by atomic mass is 10.0. The smallest absolute Gasteiger partial charge is 0.258 e. The molecule has 4 rings (SSSR count). The molecule has 1 aliphatic rings. The molecule has 1 aliphatic heterocycles. The van der Waals surface area contributed by atoms with E-state index in [1.165, 1.54) is 28.6 Å². The molecule has 7 nitrogen and oxygen atoms in total. The molecular weight excluding hydrogens is 450 g/mol. The Morgan fingerprint density at radius 3 is 2.24 bits per heavy atom. The SMILES string of the molecule is CCCN(CCC)S(=O)(=O)c1ccc(C(=O)Nc2ccc3c4c(cccc24)C(=O)N3CC)cc1. The second-order valence-electron chi connectivity index (χ2n) is 8.29. The van der Waals surface area contributed by atoms with Crippen LogP contribution >= 0.6 is 0 Å². The van der Waals surface area contributed by atoms with E-state index in [9.17, 15) is 18.0 Å². The number of carbonyl (C=O) groups excluding carboxylic acids is 2. The van der Waals surface area contributed by atoms with Crippen LogP contribution in [0.15, 0.2) is 59.5 Å². The quantitative estimate of drug-likeness (QED) is 0.474. The molecule has 0 aromatic heterocycles. The third-order valence-electron chi connectivity index (χ3n) is 6.05. The molecule has 0 aliphatic carbocycles. The molecule has 178 valence electrons. The van der Waals surface area contributed by atoms with Crippen LogP contribution < -0.4 is 10.2 Å². The Balaban J connectivity index is 1.60. The highest BCUT2D eigenvalue weighted by molar-refractivity contribution is 7.89. The van der Waals surface area contributed by atoms with Gasteiger partial charge in [-0.3, -0.25) is 9.59 Å². The molecule has 2 amide bonds. The van der Waals surface area contributed by atoms with E-state index in [2.05, 4.69) is 5.32 Å². The molecule has 0 spiro atoms. The van der Waals surface area contributed by atoms with E-state index in [0.717, 1.165) is 29.3 Å². The molecule has 0 fully saturated rings. The molecule has 0 radical (unpaired) electrons. The lowest BCUT2D eigenvalue weighted by molar-refractivity contribution is 0.0992. The van der Waals surface area contributed by atoms with Crippen molar-refractivity contribution in [3.05, 3.63) is 65.7 Å². The number of rotatable bonds is 9. The molecule has 0 bridgehead atoms. The van der Waals surface area contributed by atoms with E-state index in [-0.39, 0.29) is 16.7 Å². The van der Waals surface area contributed by atoms with Crippen molar-refractivity contribution >= 4 is 44.0 Å². The Kier molecular flexibility index (Phi) is 6.72. The second kappa shape index (κ2) is 9.56. The third kappa shape index (κ3) is 4.08. The van der Waals surface area contributed by atoms with Crippen molar-refractivity contribution in [2.75, 3.05) is 29.9 Å². The first kappa shape index (κ1) is 23.9. The van der Waals surface area contributed by atoms with E-state index < -0.39 is 10.0 Å². The Morgan fingerprint density at radius 2 is 1.62 bits per heavy atom. The maximum Gasteiger partial charge on any atom is 0.258 e. The summed E-state index contributed by atoms with van der Waals surface area (Å²) in [7, 11) is -3.61. The van der Waals surface area contributed by atoms with Gasteiger partial charge < -0.3 is 10.2 Å². The van der Waals surface area contributed by atoms with Crippen LogP contribution in [0.5, 0.6) is 0 Å². The van der Waals surface area contributed by atoms with Gasteiger partial charge in [0.05, 0.1) is 10.6 Å². The van der Waals surface area contributed by atoms with Gasteiger partial charge in [0.2, 0.25) is 10.0 Å². The molecule has 0 saturated heterocycles. The van der Waals surface area contributed by atoms with E-state index >= 15 is 0 Å². The molecule has 1 N–H and O–H groups in total. The van der Waals surface area contributed by atoms with Crippen LogP contribution in [0, 0.1) is 0 Å². The fourth-order valence-corrected chi connectivity index (χ4v) is 6.07. The van der Waals surface area contributed by atoms with E-state index in [0.29, 0.717) is 36.4 Å². The van der Waals surface area contributed by atoms with Crippen molar-refractivity contribution in [2.24, 2.45) is 0 Å². The van der Waals surface area contributed by atoms with Crippen molar-refractivity contribution in [1.29, 1.82) is 0 Å². The molecule has 8 heteroatoms. The number of benzene rings is 3. The number of nitrogens with zero attached hydrogens (tertiary/aromatic N) is 2. The Hall–Kier alpha value is -3.23. The first-order valence-electron chi connectivity index (χ1n) is 11.6. The summed E-state index contributed by atoms with van der Waals surface area (Å²) in [5.74, 6) is -0.385. The fraction of sp³-hybridized carbons (Fsp3) is 0.308. The number of hydrogen-bond donors (Lipinski definition) is 1. The molecular formula is C26H29N3O4S. The summed E-state index contributed by atoms with van der Waals surface area (Å²) in [6.07, 6.45) is 1.46. The standard InChI is InChI=1S/C26H29N3O4S/c1-4-16-28(17-5-2)34(32,33)19-12-10-18(11-13-19)25(30)27-22-14-15-23-24-20(22)8-7-9-21(24)26(31)29(23)6-3/h7-15H,4-6,16-17H2,1-3H3,(H,27,30). The summed E-state index contributed by atoms with van der Waals surface area (Å²) >= 11 is 0. The van der Waals surface area contributed by atoms with Gasteiger partial charge in [-0.2, -0.15) is 4.31 Å². The van der Waals surface area contributed by atoms with Gasteiger partial charge in [-0.25, -0.2) is 8.42 Å². The molecule has 3 aromatic carbocycles. The van der Waals surface area contributed by atoms with Crippen molar-refractivity contribution in [1.82, 2.24) is 4.31 Å². The predicted molar refractivity (Wildman–Crippen MR) is 135 cm³/mol. The topological polar surface area (TPSA) is 86.8 Å². The highest BCUT2D eigenvalue weighted by Gasteiger charge is 2.29. The van der Waals surface area contributed by atoms with Gasteiger partial charge in [-0.05, 0) is 62.2 Å². The lowest BCUT2D eigenvalue weighted by Crippen LogP contribution is -2.32. The van der Waals surface area contributed by atoms with E-state index in [4.69, 9.17) is 0 Å². The van der Waals surface area contributed by atoms with Crippen LogP contribution in [0.1, 0.15) is 54.3 Å². The summed E-state index contributed by atoms with van der Waals surface area (Å²) in [6, 6.07) is 15.2. The first-order valence-corrected chi connectivity index (χ1v) is 13.1. The minimum absolute atomic E-state index is 0.0384. The summed E-state index contributed by atoms with van der Waals surface area (Å²) in [6.45, 7) is 7.31. The molecule has 0 saturated carbocycles. The van der Waals surface area contributed by atoms with Crippen LogP contribution in [0.2, 0.25) is 0 Å². The van der Waals surface area contributed by atoms with Crippen molar-refractivity contribution in [3.8, 4) is 0 Å². The van der Waals surface area contributed by atoms with Gasteiger partial charge in [0.1, 0.15) is 0 Å². The summed E-state index contributed by atoms with van der Waals surface area (Å²) < 4.78 is 27.4. The molecule has 0 atom stereocenters. The van der Waals surface area contributed by atoms with Gasteiger partial charge in [-0.15, -0.1) is 0 Å². The average molecular weight is 480 g/mol. The fourth-order valence-electron chi connectivity index (χ4n) is 4.44. The second-order valence-corrected chi connectivity index (χ2v) is 10.2. The lowest BCUT2D eigenvalue weighted by Gasteiger charge is -2.21. The van der Waals surface area contributed by atoms with Crippen LogP contribution in [0.25, 0.3) is 10.8 Å². The minimum Gasteiger partial charge on any atom is -0.321 e. The number of sulfonamides is 1. The van der Waals surface area contributed by atoms with E-state index in [1.807, 2.05) is 39.0 Å². The van der Waals surface area contributed by atoms with Gasteiger partial charge in [0.25, 0.3) is 11.8 Å². The van der Waals surface area contributed by atoms with Crippen molar-refractivity contribution in [3.63, 3.8) is 0 Å². The van der Waals surface area contributed by atoms with Crippen LogP contribution in [-0.4, -0.2) is 44.2 Å². The molecule has 1 heterocycles. The molecule has 3 aromatic rings. The third-order valence-corrected chi connectivity index (χ3v) is 7.96. The Morgan fingerprint density at radius 1 is 0.941 bits per heavy atom. The zero-order valence-electron chi connectivity index (χ0n) is 19.7. The van der Waals surface area contributed by atoms with Crippen molar-refractivity contribution < 1.29 is 18.0 Å². The monoisotopic (exact) mass is 479 g/mol. The number of amides is 2. The zero-order chi connectivity index (χ0) is 24.5. The summed E-state index contributed by atoms with van der Waals surface area (Å²) in [5, 5.41) is 4.55. The maximum atomic E-state index is 13.0. The minimum atomic E-state index is -3.61. The number of anilines is 2. The van der Waals surface area contributed by atoms with Gasteiger partial charge in [0.15, 0.2) is 0 Å². The highest BCUT2D eigenvalue weighted by atomic mass is 32.2. The van der Waals surface area contributed by atoms with E-state index in [1.54, 1.807) is 17.0 Å². The van der Waals surface area contributed by atoms with Crippen LogP contribution in [0.4, 0.5) is 11.4 Å². The largest absolute Gasteiger partial charge is 0.321 e. The molecule has 34 heavy (non-hydrogen) atoms. The Bertz CT molecular complexity index is 1340. The average Bonchev–Trinajstić information content (AvgIpc) is 3.12. The number of hydrogen-bond acceptors (Lipinski definition) is 4. The summed E-state index contributed by atoms with van der Waals surface area (Å²) in [4.78, 5) is 27.6. The van der Waals surface area contributed by atoms with Crippen LogP contribution in [-0.2, 0) is 10.0 Å². The predicted octanol–water partition coefficient (Wildman–Crippen LogP) is 4.88. The zero-order valence-corrected chi connectivity index (χ0v) is 20.5. The van der Waals surface area contributed by atoms with Gasteiger partial charge in [0, 0.05) is 47.2 Å². The number of nitrogens with one attached hydrogen (secondary N) is 1. The van der Waals surface area contributed by atoms with Crippen LogP contribution in [0.3, 0.4) is 0 Å². The first-order chi connectivity index (χ1) is 16.3. The van der Waals surface area contributed by atoms with Gasteiger partial charge >= 0.3 is 0 Å². The number of carbonyl (C=O) groups is 2. The normalized spacial score (nSPS) is 13.2. The van der Waals surface area contributed by atoms with Crippen molar-refractivity contribution in [2.45, 2.75) is 38.5 Å². The highest BCUT2D eigenvalue weighted by Crippen LogP contribution is 2.40. The maximum absolute atomic E-state index is 13.0. The Labute approximate surface area is 200 Å².